The Bertz CT molecular complexity index is 1250. The molecule has 0 aromatic carbocycles. The number of hydrogen-bond acceptors (Lipinski definition) is 30. The smallest absolute Gasteiger partial charge is 0.187 e. The van der Waals surface area contributed by atoms with Gasteiger partial charge in [0.2, 0.25) is 0 Å². The summed E-state index contributed by atoms with van der Waals surface area (Å²) >= 11 is 0. The lowest BCUT2D eigenvalue weighted by atomic mass is 9.94. The van der Waals surface area contributed by atoms with Gasteiger partial charge >= 0.3 is 0 Å². The molecule has 0 saturated carbocycles. The zero-order valence-corrected chi connectivity index (χ0v) is 40.5. The summed E-state index contributed by atoms with van der Waals surface area (Å²) in [6.45, 7) is -5.99. The maximum absolute atomic E-state index is 11.2. The molecule has 0 spiro atoms. The van der Waals surface area contributed by atoms with Gasteiger partial charge in [-0.3, -0.25) is 0 Å². The molecule has 12 bridgehead atoms. The van der Waals surface area contributed by atoms with Gasteiger partial charge in [-0.1, -0.05) is 0 Å². The van der Waals surface area contributed by atoms with E-state index in [1.54, 1.807) is 0 Å². The van der Waals surface area contributed by atoms with Crippen molar-refractivity contribution < 1.29 is 214 Å². The van der Waals surface area contributed by atoms with Gasteiger partial charge in [0.05, 0.1) is 39.6 Å². The first-order valence-corrected chi connectivity index (χ1v) is 21.1. The SMILES string of the molecule is O.O.O.O.O.O.O.O.O.O.O.O.OCC1OC2OC3C(CO)OC(OC4C(CO)OC(OC5C(CO)OC(OC6C(CO)OC(OC7C(CO)OC(OC1C(O)C2O)C(O)C7O)C(O)C6O)C(O)C5O)C(O)C4O)C(O)C3O. The van der Waals surface area contributed by atoms with Crippen molar-refractivity contribution in [2.24, 2.45) is 0 Å². The predicted molar refractivity (Wildman–Crippen MR) is 239 cm³/mol. The molecule has 22 rings (SSSR count). The highest BCUT2D eigenvalue weighted by Crippen LogP contribution is 2.38. The molecule has 22 fully saturated rings. The van der Waals surface area contributed by atoms with E-state index in [2.05, 4.69) is 0 Å². The number of hydrogen-bond donors (Lipinski definition) is 18. The molecule has 0 aliphatic carbocycles. The minimum Gasteiger partial charge on any atom is -0.412 e. The van der Waals surface area contributed by atoms with Crippen LogP contribution in [0.5, 0.6) is 0 Å². The van der Waals surface area contributed by atoms with Gasteiger partial charge in [-0.25, -0.2) is 0 Å². The Kier molecular flexibility index (Phi) is 41.3. The first-order chi connectivity index (χ1) is 31.4. The molecular weight excluding hydrogens is 1100 g/mol. The van der Waals surface area contributed by atoms with Gasteiger partial charge in [0, 0.05) is 0 Å². The van der Waals surface area contributed by atoms with Crippen LogP contribution in [0.15, 0.2) is 0 Å². The fourth-order valence-corrected chi connectivity index (χ4v) is 8.93. The molecule has 30 atom stereocenters. The van der Waals surface area contributed by atoms with Gasteiger partial charge in [0.1, 0.15) is 146 Å². The summed E-state index contributed by atoms with van der Waals surface area (Å²) in [5.41, 5.74) is 0. The summed E-state index contributed by atoms with van der Waals surface area (Å²) in [5, 5.41) is 196. The lowest BCUT2D eigenvalue weighted by Gasteiger charge is -2.50. The molecule has 42 N–H and O–H groups in total. The van der Waals surface area contributed by atoms with Crippen LogP contribution in [0.1, 0.15) is 0 Å². The van der Waals surface area contributed by atoms with Gasteiger partial charge in [-0.2, -0.15) is 0 Å². The second kappa shape index (κ2) is 36.8. The van der Waals surface area contributed by atoms with Crippen molar-refractivity contribution in [1.82, 2.24) is 0 Å². The van der Waals surface area contributed by atoms with E-state index in [1.807, 2.05) is 0 Å². The van der Waals surface area contributed by atoms with E-state index < -0.39 is 224 Å². The van der Waals surface area contributed by atoms with E-state index in [-0.39, 0.29) is 65.7 Å². The molecule has 0 aromatic rings. The fraction of sp³-hybridized carbons (Fsp3) is 1.00. The average Bonchev–Trinajstić information content (AvgIpc) is 3.31. The number of aliphatic hydroxyl groups excluding tert-OH is 18. The Labute approximate surface area is 438 Å². The predicted octanol–water partition coefficient (Wildman–Crippen LogP) is -23.0. The van der Waals surface area contributed by atoms with Crippen LogP contribution in [0.2, 0.25) is 0 Å². The highest BCUT2D eigenvalue weighted by molar-refractivity contribution is 5.01. The lowest BCUT2D eigenvalue weighted by molar-refractivity contribution is -0.404. The maximum Gasteiger partial charge on any atom is 0.187 e. The van der Waals surface area contributed by atoms with E-state index in [0.29, 0.717) is 0 Å². The van der Waals surface area contributed by atoms with Gasteiger partial charge in [0.25, 0.3) is 0 Å². The fourth-order valence-electron chi connectivity index (χ4n) is 8.93. The molecule has 42 nitrogen and oxygen atoms in total. The van der Waals surface area contributed by atoms with Crippen LogP contribution in [0.4, 0.5) is 0 Å². The largest absolute Gasteiger partial charge is 0.412 e. The Hall–Kier alpha value is -1.68. The minimum atomic E-state index is -2.15. The van der Waals surface area contributed by atoms with E-state index >= 15 is 0 Å². The Balaban J connectivity index is -0.00000108. The van der Waals surface area contributed by atoms with Crippen LogP contribution in [-0.4, -0.2) is 382 Å². The second-order valence-electron chi connectivity index (χ2n) is 16.8. The molecule has 30 unspecified atom stereocenters. The molecule has 0 amide bonds. The molecule has 0 aromatic heterocycles. The van der Waals surface area contributed by atoms with Crippen molar-refractivity contribution in [2.75, 3.05) is 39.6 Å². The van der Waals surface area contributed by atoms with Crippen molar-refractivity contribution >= 4 is 0 Å². The van der Waals surface area contributed by atoms with Crippen LogP contribution >= 0.6 is 0 Å². The monoisotopic (exact) mass is 1190 g/mol. The number of rotatable bonds is 6. The van der Waals surface area contributed by atoms with E-state index in [4.69, 9.17) is 56.8 Å². The Morgan fingerprint density at radius 3 is 0.359 bits per heavy atom. The van der Waals surface area contributed by atoms with E-state index in [1.165, 1.54) is 0 Å². The van der Waals surface area contributed by atoms with E-state index in [9.17, 15) is 91.9 Å². The molecule has 0 radical (unpaired) electrons. The Morgan fingerprint density at radius 2 is 0.269 bits per heavy atom. The molecule has 22 aliphatic rings. The molecule has 22 heterocycles. The Morgan fingerprint density at radius 1 is 0.167 bits per heavy atom. The average molecular weight is 1190 g/mol. The maximum atomic E-state index is 11.2. The number of ether oxygens (including phenoxy) is 12. The summed E-state index contributed by atoms with van der Waals surface area (Å²) in [7, 11) is 0. The van der Waals surface area contributed by atoms with Crippen molar-refractivity contribution in [3.05, 3.63) is 0 Å². The van der Waals surface area contributed by atoms with Crippen molar-refractivity contribution in [3.8, 4) is 0 Å². The first kappa shape index (κ1) is 87.6. The van der Waals surface area contributed by atoms with Crippen LogP contribution in [-0.2, 0) is 56.8 Å². The van der Waals surface area contributed by atoms with Crippen molar-refractivity contribution in [2.45, 2.75) is 184 Å². The third-order valence-corrected chi connectivity index (χ3v) is 12.7. The van der Waals surface area contributed by atoms with Crippen LogP contribution in [0, 0.1) is 0 Å². The van der Waals surface area contributed by atoms with Crippen LogP contribution in [0.3, 0.4) is 0 Å². The highest BCUT2D eigenvalue weighted by Gasteiger charge is 2.58. The second-order valence-corrected chi connectivity index (χ2v) is 16.8. The molecule has 78 heavy (non-hydrogen) atoms. The van der Waals surface area contributed by atoms with E-state index in [0.717, 1.165) is 0 Å². The highest BCUT2D eigenvalue weighted by atomic mass is 16.8. The molecule has 480 valence electrons. The summed E-state index contributed by atoms with van der Waals surface area (Å²) < 4.78 is 67.9. The van der Waals surface area contributed by atoms with Crippen LogP contribution < -0.4 is 0 Å². The summed E-state index contributed by atoms with van der Waals surface area (Å²) in [6, 6.07) is 0. The van der Waals surface area contributed by atoms with Crippen molar-refractivity contribution in [3.63, 3.8) is 0 Å². The number of aliphatic hydroxyl groups is 18. The topological polar surface area (TPSA) is 853 Å². The molecular formula is C36H84O42. The lowest BCUT2D eigenvalue weighted by Crippen LogP contribution is -2.69. The standard InChI is InChI=1S/C36H60O30.12H2O/c37-1-7-25-13(43)19(49)31(55-7)62-26-8(2-38)57-33(21(51)15(26)45)64-28-10(4-40)59-35(23(53)17(28)47)66-30-12(6-42)60-36(24(54)18(30)48)65-29-11(5-41)58-34(22(52)16(29)46)63-27-9(3-39)56-32(61-25)20(50)14(27)44;;;;;;;;;;;;/h7-54H,1-6H2;12*1H2. The summed E-state index contributed by atoms with van der Waals surface area (Å²) in [6.07, 6.45) is -58.5. The third kappa shape index (κ3) is 16.8. The first-order valence-electron chi connectivity index (χ1n) is 21.1. The quantitative estimate of drug-likeness (QED) is 0.117. The zero-order valence-electron chi connectivity index (χ0n) is 40.5. The molecule has 22 aliphatic heterocycles. The van der Waals surface area contributed by atoms with Gasteiger partial charge in [0.15, 0.2) is 37.7 Å². The third-order valence-electron chi connectivity index (χ3n) is 12.7. The van der Waals surface area contributed by atoms with Gasteiger partial charge < -0.3 is 214 Å². The van der Waals surface area contributed by atoms with Crippen molar-refractivity contribution in [1.29, 1.82) is 0 Å². The minimum absolute atomic E-state index is 0. The molecule has 42 heteroatoms. The normalized spacial score (nSPS) is 46.8. The van der Waals surface area contributed by atoms with Gasteiger partial charge in [-0.05, 0) is 0 Å². The zero-order chi connectivity index (χ0) is 48.0. The summed E-state index contributed by atoms with van der Waals surface area (Å²) in [4.78, 5) is 0. The molecule has 22 saturated heterocycles. The van der Waals surface area contributed by atoms with Crippen LogP contribution in [0.25, 0.3) is 0 Å². The van der Waals surface area contributed by atoms with Gasteiger partial charge in [-0.15, -0.1) is 0 Å². The summed E-state index contributed by atoms with van der Waals surface area (Å²) in [5.74, 6) is 0.